The van der Waals surface area contributed by atoms with Crippen LogP contribution in [0.3, 0.4) is 0 Å². The van der Waals surface area contributed by atoms with Gasteiger partial charge in [0.25, 0.3) is 5.56 Å². The number of aromatic amines is 1. The maximum atomic E-state index is 11.6. The summed E-state index contributed by atoms with van der Waals surface area (Å²) in [4.78, 5) is 22.2. The van der Waals surface area contributed by atoms with Crippen molar-refractivity contribution in [3.05, 3.63) is 41.0 Å². The molecule has 4 N–H and O–H groups in total. The average Bonchev–Trinajstić information content (AvgIpc) is 2.94. The highest BCUT2D eigenvalue weighted by atomic mass is 16.5. The van der Waals surface area contributed by atoms with Crippen molar-refractivity contribution in [2.24, 2.45) is 0 Å². The van der Waals surface area contributed by atoms with Gasteiger partial charge in [0, 0.05) is 13.0 Å². The lowest BCUT2D eigenvalue weighted by atomic mass is 10.2. The van der Waals surface area contributed by atoms with Crippen LogP contribution in [0.4, 0.5) is 11.4 Å². The molecular weight excluding hydrogens is 260 g/mol. The minimum Gasteiger partial charge on any atom is -0.397 e. The van der Waals surface area contributed by atoms with Gasteiger partial charge >= 0.3 is 0 Å². The molecule has 0 amide bonds. The van der Waals surface area contributed by atoms with Gasteiger partial charge in [0.1, 0.15) is 0 Å². The normalized spacial score (nSPS) is 10.8. The number of anilines is 2. The van der Waals surface area contributed by atoms with Gasteiger partial charge in [0.15, 0.2) is 5.82 Å². The summed E-state index contributed by atoms with van der Waals surface area (Å²) in [6.07, 6.45) is 3.26. The van der Waals surface area contributed by atoms with E-state index in [4.69, 9.17) is 5.73 Å². The van der Waals surface area contributed by atoms with Crippen molar-refractivity contribution in [2.75, 3.05) is 17.6 Å². The molecule has 0 unspecified atom stereocenters. The van der Waals surface area contributed by atoms with Gasteiger partial charge in [-0.3, -0.25) is 4.79 Å². The Bertz CT molecular complexity index is 780. The van der Waals surface area contributed by atoms with Crippen molar-refractivity contribution in [2.45, 2.75) is 6.42 Å². The van der Waals surface area contributed by atoms with E-state index in [2.05, 4.69) is 29.9 Å². The minimum absolute atomic E-state index is 0.208. The van der Waals surface area contributed by atoms with Crippen LogP contribution in [-0.4, -0.2) is 26.7 Å². The highest BCUT2D eigenvalue weighted by molar-refractivity contribution is 5.88. The molecule has 0 saturated heterocycles. The van der Waals surface area contributed by atoms with E-state index in [1.807, 2.05) is 0 Å². The van der Waals surface area contributed by atoms with E-state index in [-0.39, 0.29) is 5.56 Å². The number of H-pyrrole nitrogens is 1. The highest BCUT2D eigenvalue weighted by Crippen LogP contribution is 2.22. The number of nitrogens with two attached hydrogens (primary N) is 1. The summed E-state index contributed by atoms with van der Waals surface area (Å²) < 4.78 is 4.65. The summed E-state index contributed by atoms with van der Waals surface area (Å²) >= 11 is 0. The summed E-state index contributed by atoms with van der Waals surface area (Å²) in [6, 6.07) is 3.36. The molecule has 2 aromatic heterocycles. The van der Waals surface area contributed by atoms with E-state index in [0.29, 0.717) is 35.4 Å². The lowest BCUT2D eigenvalue weighted by Crippen LogP contribution is -2.10. The second-order valence-electron chi connectivity index (χ2n) is 4.21. The molecule has 2 heterocycles. The van der Waals surface area contributed by atoms with E-state index in [0.717, 1.165) is 5.69 Å². The van der Waals surface area contributed by atoms with E-state index >= 15 is 0 Å². The van der Waals surface area contributed by atoms with E-state index < -0.39 is 0 Å². The predicted octanol–water partition coefficient (Wildman–Crippen LogP) is 0.543. The number of hydrogen-bond acceptors (Lipinski definition) is 7. The van der Waals surface area contributed by atoms with Crippen LogP contribution in [0.25, 0.3) is 10.9 Å². The summed E-state index contributed by atoms with van der Waals surface area (Å²) in [5, 5.41) is 7.35. The number of rotatable bonds is 4. The van der Waals surface area contributed by atoms with Gasteiger partial charge in [-0.2, -0.15) is 4.98 Å². The van der Waals surface area contributed by atoms with Crippen molar-refractivity contribution in [1.82, 2.24) is 20.1 Å². The van der Waals surface area contributed by atoms with Crippen LogP contribution < -0.4 is 16.6 Å². The Hall–Kier alpha value is -2.90. The zero-order chi connectivity index (χ0) is 13.9. The van der Waals surface area contributed by atoms with Crippen LogP contribution in [0.1, 0.15) is 5.82 Å². The Morgan fingerprint density at radius 3 is 3.05 bits per heavy atom. The first-order valence-corrected chi connectivity index (χ1v) is 6.00. The SMILES string of the molecule is Nc1cc2c(=O)[nH]cnc2cc1NCCc1ncon1. The van der Waals surface area contributed by atoms with Crippen molar-refractivity contribution < 1.29 is 4.52 Å². The molecule has 8 heteroatoms. The number of aromatic nitrogens is 4. The number of nitrogen functional groups attached to an aromatic ring is 1. The Morgan fingerprint density at radius 1 is 1.35 bits per heavy atom. The standard InChI is InChI=1S/C12H12N6O2/c13-8-3-7-9(15-5-16-12(7)19)4-10(8)14-2-1-11-17-6-20-18-11/h3-6,14H,1-2,13H2,(H,15,16,19). The average molecular weight is 272 g/mol. The molecule has 0 aliphatic carbocycles. The fourth-order valence-electron chi connectivity index (χ4n) is 1.90. The fraction of sp³-hybridized carbons (Fsp3) is 0.167. The van der Waals surface area contributed by atoms with Crippen LogP contribution in [0, 0.1) is 0 Å². The van der Waals surface area contributed by atoms with Crippen LogP contribution in [0.15, 0.2) is 34.2 Å². The molecule has 102 valence electrons. The first kappa shape index (κ1) is 12.2. The van der Waals surface area contributed by atoms with Gasteiger partial charge in [-0.15, -0.1) is 0 Å². The molecule has 8 nitrogen and oxygen atoms in total. The van der Waals surface area contributed by atoms with Gasteiger partial charge in [-0.05, 0) is 12.1 Å². The topological polar surface area (TPSA) is 123 Å². The number of hydrogen-bond donors (Lipinski definition) is 3. The van der Waals surface area contributed by atoms with Crippen molar-refractivity contribution >= 4 is 22.3 Å². The molecule has 20 heavy (non-hydrogen) atoms. The van der Waals surface area contributed by atoms with Gasteiger partial charge in [-0.25, -0.2) is 4.98 Å². The Kier molecular flexibility index (Phi) is 3.04. The zero-order valence-electron chi connectivity index (χ0n) is 10.5. The molecule has 0 saturated carbocycles. The second kappa shape index (κ2) is 5.00. The highest BCUT2D eigenvalue weighted by Gasteiger charge is 2.06. The zero-order valence-corrected chi connectivity index (χ0v) is 10.5. The van der Waals surface area contributed by atoms with Crippen LogP contribution in [-0.2, 0) is 6.42 Å². The number of nitrogens with zero attached hydrogens (tertiary/aromatic N) is 3. The third-order valence-corrected chi connectivity index (χ3v) is 2.88. The molecule has 0 spiro atoms. The number of benzene rings is 1. The monoisotopic (exact) mass is 272 g/mol. The fourth-order valence-corrected chi connectivity index (χ4v) is 1.90. The number of fused-ring (bicyclic) bond motifs is 1. The van der Waals surface area contributed by atoms with Gasteiger partial charge in [0.05, 0.1) is 28.6 Å². The van der Waals surface area contributed by atoms with Crippen molar-refractivity contribution in [3.63, 3.8) is 0 Å². The molecule has 0 radical (unpaired) electrons. The van der Waals surface area contributed by atoms with Crippen LogP contribution in [0.2, 0.25) is 0 Å². The lowest BCUT2D eigenvalue weighted by Gasteiger charge is -2.09. The first-order chi connectivity index (χ1) is 9.74. The van der Waals surface area contributed by atoms with Gasteiger partial charge in [-0.1, -0.05) is 5.16 Å². The number of nitrogens with one attached hydrogen (secondary N) is 2. The largest absolute Gasteiger partial charge is 0.397 e. The third-order valence-electron chi connectivity index (χ3n) is 2.88. The minimum atomic E-state index is -0.208. The smallest absolute Gasteiger partial charge is 0.258 e. The quantitative estimate of drug-likeness (QED) is 0.592. The molecule has 0 bridgehead atoms. The molecule has 3 rings (SSSR count). The summed E-state index contributed by atoms with van der Waals surface area (Å²) in [6.45, 7) is 0.596. The molecule has 1 aromatic carbocycles. The Labute approximate surface area is 113 Å². The second-order valence-corrected chi connectivity index (χ2v) is 4.21. The predicted molar refractivity (Wildman–Crippen MR) is 73.3 cm³/mol. The molecule has 0 aliphatic heterocycles. The van der Waals surface area contributed by atoms with E-state index in [1.54, 1.807) is 12.1 Å². The summed E-state index contributed by atoms with van der Waals surface area (Å²) in [7, 11) is 0. The Morgan fingerprint density at radius 2 is 2.25 bits per heavy atom. The third kappa shape index (κ3) is 2.30. The Balaban J connectivity index is 1.81. The molecule has 0 atom stereocenters. The van der Waals surface area contributed by atoms with E-state index in [9.17, 15) is 4.79 Å². The van der Waals surface area contributed by atoms with E-state index in [1.165, 1.54) is 12.7 Å². The molecule has 3 aromatic rings. The van der Waals surface area contributed by atoms with Gasteiger partial charge in [0.2, 0.25) is 6.39 Å². The van der Waals surface area contributed by atoms with Crippen LogP contribution >= 0.6 is 0 Å². The first-order valence-electron chi connectivity index (χ1n) is 6.00. The summed E-state index contributed by atoms with van der Waals surface area (Å²) in [5.41, 5.74) is 7.51. The van der Waals surface area contributed by atoms with Crippen LogP contribution in [0.5, 0.6) is 0 Å². The maximum Gasteiger partial charge on any atom is 0.258 e. The summed E-state index contributed by atoms with van der Waals surface area (Å²) in [5.74, 6) is 0.617. The van der Waals surface area contributed by atoms with Crippen molar-refractivity contribution in [3.8, 4) is 0 Å². The van der Waals surface area contributed by atoms with Gasteiger partial charge < -0.3 is 20.6 Å². The molecule has 0 aliphatic rings. The lowest BCUT2D eigenvalue weighted by molar-refractivity contribution is 0.410. The molecule has 0 fully saturated rings. The maximum absolute atomic E-state index is 11.6. The molecular formula is C12H12N6O2. The van der Waals surface area contributed by atoms with Crippen molar-refractivity contribution in [1.29, 1.82) is 0 Å².